The van der Waals surface area contributed by atoms with Gasteiger partial charge in [0.05, 0.1) is 4.90 Å². The molecule has 0 bridgehead atoms. The van der Waals surface area contributed by atoms with Crippen LogP contribution in [-0.2, 0) is 21.2 Å². The van der Waals surface area contributed by atoms with Crippen molar-refractivity contribution in [2.45, 2.75) is 37.1 Å². The summed E-state index contributed by atoms with van der Waals surface area (Å²) in [7, 11) is -3.63. The fourth-order valence-corrected chi connectivity index (χ4v) is 4.03. The van der Waals surface area contributed by atoms with E-state index in [9.17, 15) is 13.2 Å². The molecule has 26 heavy (non-hydrogen) atoms. The molecule has 5 nitrogen and oxygen atoms in total. The summed E-state index contributed by atoms with van der Waals surface area (Å²) in [6, 6.07) is 12.4. The minimum atomic E-state index is -3.63. The van der Waals surface area contributed by atoms with Crippen LogP contribution in [0, 0.1) is 6.92 Å². The van der Waals surface area contributed by atoms with Crippen LogP contribution < -0.4 is 10.0 Å². The van der Waals surface area contributed by atoms with Gasteiger partial charge in [0.15, 0.2) is 0 Å². The number of rotatable bonds is 5. The van der Waals surface area contributed by atoms with E-state index < -0.39 is 10.0 Å². The summed E-state index contributed by atoms with van der Waals surface area (Å²) < 4.78 is 27.7. The van der Waals surface area contributed by atoms with Gasteiger partial charge in [-0.1, -0.05) is 23.8 Å². The second-order valence-corrected chi connectivity index (χ2v) is 8.61. The molecule has 0 atom stereocenters. The van der Waals surface area contributed by atoms with Crippen LogP contribution in [-0.4, -0.2) is 20.4 Å². The molecule has 0 saturated heterocycles. The maximum absolute atomic E-state index is 12.5. The van der Waals surface area contributed by atoms with Crippen molar-refractivity contribution in [3.05, 3.63) is 64.7 Å². The molecule has 1 amide bonds. The third-order valence-corrected chi connectivity index (χ3v) is 6.04. The second-order valence-electron chi connectivity index (χ2n) is 6.93. The van der Waals surface area contributed by atoms with E-state index in [1.165, 1.54) is 0 Å². The van der Waals surface area contributed by atoms with Gasteiger partial charge in [-0.25, -0.2) is 8.42 Å². The Morgan fingerprint density at radius 2 is 1.81 bits per heavy atom. The number of aryl methyl sites for hydroxylation is 1. The highest BCUT2D eigenvalue weighted by Crippen LogP contribution is 2.29. The number of hydrogen-bond acceptors (Lipinski definition) is 3. The minimum absolute atomic E-state index is 0.0227. The number of fused-ring (bicyclic) bond motifs is 1. The number of benzene rings is 2. The summed E-state index contributed by atoms with van der Waals surface area (Å²) >= 11 is 0. The summed E-state index contributed by atoms with van der Waals surface area (Å²) in [6.45, 7) is 1.91. The molecule has 0 unspecified atom stereocenters. The molecular formula is C20H20N2O3S. The average molecular weight is 368 g/mol. The molecule has 2 aliphatic rings. The molecule has 2 N–H and O–H groups in total. The van der Waals surface area contributed by atoms with E-state index in [0.29, 0.717) is 18.2 Å². The zero-order chi connectivity index (χ0) is 18.3. The first-order valence-corrected chi connectivity index (χ1v) is 10.1. The molecule has 2 aromatic carbocycles. The lowest BCUT2D eigenvalue weighted by Gasteiger charge is -2.09. The maximum atomic E-state index is 12.5. The first-order chi connectivity index (χ1) is 12.4. The number of amides is 1. The van der Waals surface area contributed by atoms with Crippen LogP contribution in [0.5, 0.6) is 0 Å². The SMILES string of the molecule is Cc1ccc(S(=O)(=O)Nc2ccc3c(c2)C=C(C(=O)NC2CC2)C3)cc1. The van der Waals surface area contributed by atoms with Crippen LogP contribution in [0.3, 0.4) is 0 Å². The molecule has 0 aromatic heterocycles. The van der Waals surface area contributed by atoms with Gasteiger partial charge in [-0.2, -0.15) is 0 Å². The van der Waals surface area contributed by atoms with Crippen molar-refractivity contribution in [1.82, 2.24) is 5.32 Å². The molecule has 0 spiro atoms. The van der Waals surface area contributed by atoms with Crippen molar-refractivity contribution in [3.63, 3.8) is 0 Å². The van der Waals surface area contributed by atoms with Crippen LogP contribution in [0.15, 0.2) is 52.9 Å². The van der Waals surface area contributed by atoms with Gasteiger partial charge < -0.3 is 5.32 Å². The Morgan fingerprint density at radius 1 is 1.08 bits per heavy atom. The van der Waals surface area contributed by atoms with E-state index in [1.807, 2.05) is 19.1 Å². The predicted molar refractivity (Wildman–Crippen MR) is 101 cm³/mol. The maximum Gasteiger partial charge on any atom is 0.261 e. The number of carbonyl (C=O) groups excluding carboxylic acids is 1. The molecule has 2 aliphatic carbocycles. The normalized spacial score (nSPS) is 16.0. The van der Waals surface area contributed by atoms with Crippen molar-refractivity contribution in [3.8, 4) is 0 Å². The van der Waals surface area contributed by atoms with E-state index in [1.54, 1.807) is 36.4 Å². The van der Waals surface area contributed by atoms with Gasteiger partial charge in [0.25, 0.3) is 10.0 Å². The number of anilines is 1. The van der Waals surface area contributed by atoms with E-state index in [2.05, 4.69) is 10.0 Å². The van der Waals surface area contributed by atoms with Gasteiger partial charge in [0.1, 0.15) is 0 Å². The van der Waals surface area contributed by atoms with Crippen LogP contribution in [0.2, 0.25) is 0 Å². The lowest BCUT2D eigenvalue weighted by atomic mass is 10.1. The highest BCUT2D eigenvalue weighted by atomic mass is 32.2. The molecule has 0 heterocycles. The van der Waals surface area contributed by atoms with E-state index in [-0.39, 0.29) is 10.8 Å². The van der Waals surface area contributed by atoms with Crippen LogP contribution in [0.4, 0.5) is 5.69 Å². The Hall–Kier alpha value is -2.60. The molecule has 0 radical (unpaired) electrons. The summed E-state index contributed by atoms with van der Waals surface area (Å²) in [5.41, 5.74) is 4.14. The van der Waals surface area contributed by atoms with Gasteiger partial charge in [-0.3, -0.25) is 9.52 Å². The Morgan fingerprint density at radius 3 is 2.50 bits per heavy atom. The zero-order valence-electron chi connectivity index (χ0n) is 14.5. The molecule has 6 heteroatoms. The summed E-state index contributed by atoms with van der Waals surface area (Å²) in [5, 5.41) is 2.99. The van der Waals surface area contributed by atoms with Gasteiger partial charge in [-0.05, 0) is 61.2 Å². The van der Waals surface area contributed by atoms with Gasteiger partial charge in [0, 0.05) is 23.7 Å². The monoisotopic (exact) mass is 368 g/mol. The van der Waals surface area contributed by atoms with Crippen molar-refractivity contribution >= 4 is 27.7 Å². The Bertz CT molecular complexity index is 1000. The molecule has 4 rings (SSSR count). The largest absolute Gasteiger partial charge is 0.350 e. The first-order valence-electron chi connectivity index (χ1n) is 8.64. The number of hydrogen-bond donors (Lipinski definition) is 2. The fraction of sp³-hybridized carbons (Fsp3) is 0.250. The average Bonchev–Trinajstić information content (AvgIpc) is 3.30. The smallest absolute Gasteiger partial charge is 0.261 e. The van der Waals surface area contributed by atoms with E-state index in [4.69, 9.17) is 0 Å². The molecule has 2 aromatic rings. The molecule has 1 fully saturated rings. The topological polar surface area (TPSA) is 75.3 Å². The summed E-state index contributed by atoms with van der Waals surface area (Å²) in [4.78, 5) is 12.4. The molecular weight excluding hydrogens is 348 g/mol. The van der Waals surface area contributed by atoms with Crippen molar-refractivity contribution in [1.29, 1.82) is 0 Å². The number of sulfonamides is 1. The third kappa shape index (κ3) is 3.51. The summed E-state index contributed by atoms with van der Waals surface area (Å²) in [5.74, 6) is -0.0227. The molecule has 134 valence electrons. The third-order valence-electron chi connectivity index (χ3n) is 4.64. The zero-order valence-corrected chi connectivity index (χ0v) is 15.3. The lowest BCUT2D eigenvalue weighted by molar-refractivity contribution is -0.117. The van der Waals surface area contributed by atoms with Gasteiger partial charge >= 0.3 is 0 Å². The molecule has 1 saturated carbocycles. The Balaban J connectivity index is 1.53. The Kier molecular flexibility index (Phi) is 4.07. The summed E-state index contributed by atoms with van der Waals surface area (Å²) in [6.07, 6.45) is 4.53. The predicted octanol–water partition coefficient (Wildman–Crippen LogP) is 3.01. The second kappa shape index (κ2) is 6.29. The van der Waals surface area contributed by atoms with Gasteiger partial charge in [0.2, 0.25) is 5.91 Å². The van der Waals surface area contributed by atoms with Crippen LogP contribution >= 0.6 is 0 Å². The Labute approximate surface area is 153 Å². The standard InChI is InChI=1S/C20H20N2O3S/c1-13-2-8-19(9-3-13)26(24,25)22-18-5-4-14-10-16(11-15(14)12-18)20(23)21-17-6-7-17/h2-5,8-9,11-12,17,22H,6-7,10H2,1H3,(H,21,23). The number of nitrogens with one attached hydrogen (secondary N) is 2. The van der Waals surface area contributed by atoms with Gasteiger partial charge in [-0.15, -0.1) is 0 Å². The van der Waals surface area contributed by atoms with Crippen molar-refractivity contribution in [2.24, 2.45) is 0 Å². The first kappa shape index (κ1) is 16.8. The number of carbonyl (C=O) groups is 1. The highest BCUT2D eigenvalue weighted by Gasteiger charge is 2.26. The van der Waals surface area contributed by atoms with Crippen molar-refractivity contribution in [2.75, 3.05) is 4.72 Å². The van der Waals surface area contributed by atoms with Crippen LogP contribution in [0.1, 0.15) is 29.5 Å². The lowest BCUT2D eigenvalue weighted by Crippen LogP contribution is -2.26. The fourth-order valence-electron chi connectivity index (χ4n) is 2.98. The quantitative estimate of drug-likeness (QED) is 0.852. The highest BCUT2D eigenvalue weighted by molar-refractivity contribution is 7.92. The molecule has 0 aliphatic heterocycles. The minimum Gasteiger partial charge on any atom is -0.350 e. The van der Waals surface area contributed by atoms with E-state index in [0.717, 1.165) is 35.1 Å². The van der Waals surface area contributed by atoms with Crippen molar-refractivity contribution < 1.29 is 13.2 Å². The van der Waals surface area contributed by atoms with Crippen LogP contribution in [0.25, 0.3) is 6.08 Å². The van der Waals surface area contributed by atoms with E-state index >= 15 is 0 Å².